The fourth-order valence-electron chi connectivity index (χ4n) is 2.82. The number of benzene rings is 3. The maximum Gasteiger partial charge on any atom is 0.319 e. The van der Waals surface area contributed by atoms with Crippen LogP contribution in [0, 0.1) is 0 Å². The number of anilines is 1. The molecule has 24 heavy (non-hydrogen) atoms. The minimum absolute atomic E-state index is 0.111. The van der Waals surface area contributed by atoms with Crippen LogP contribution in [0.25, 0.3) is 10.8 Å². The molecule has 1 atom stereocenters. The standard InChI is InChI=1S/C21H22N2O/c1-16(14-15-17-8-3-2-4-9-17)22-21(24)23-20-13-7-11-18-10-5-6-12-19(18)20/h2-13,16H,14-15H2,1H3,(H2,22,23,24). The highest BCUT2D eigenvalue weighted by atomic mass is 16.2. The largest absolute Gasteiger partial charge is 0.335 e. The van der Waals surface area contributed by atoms with Crippen molar-refractivity contribution in [2.45, 2.75) is 25.8 Å². The zero-order chi connectivity index (χ0) is 16.8. The van der Waals surface area contributed by atoms with Crippen molar-refractivity contribution in [3.8, 4) is 0 Å². The first-order chi connectivity index (χ1) is 11.7. The lowest BCUT2D eigenvalue weighted by atomic mass is 10.1. The number of nitrogens with one attached hydrogen (secondary N) is 2. The predicted octanol–water partition coefficient (Wildman–Crippen LogP) is 4.98. The second-order valence-corrected chi connectivity index (χ2v) is 6.05. The summed E-state index contributed by atoms with van der Waals surface area (Å²) in [5, 5.41) is 8.14. The summed E-state index contributed by atoms with van der Waals surface area (Å²) in [4.78, 5) is 12.3. The highest BCUT2D eigenvalue weighted by Gasteiger charge is 2.09. The Bertz CT molecular complexity index is 809. The van der Waals surface area contributed by atoms with Crippen molar-refractivity contribution < 1.29 is 4.79 Å². The first-order valence-electron chi connectivity index (χ1n) is 8.31. The third-order valence-corrected chi connectivity index (χ3v) is 4.12. The van der Waals surface area contributed by atoms with E-state index in [9.17, 15) is 4.79 Å². The molecular weight excluding hydrogens is 296 g/mol. The van der Waals surface area contributed by atoms with Crippen LogP contribution in [0.4, 0.5) is 10.5 Å². The maximum atomic E-state index is 12.3. The van der Waals surface area contributed by atoms with Crippen LogP contribution >= 0.6 is 0 Å². The van der Waals surface area contributed by atoms with Gasteiger partial charge < -0.3 is 10.6 Å². The van der Waals surface area contributed by atoms with E-state index in [0.29, 0.717) is 0 Å². The summed E-state index contributed by atoms with van der Waals surface area (Å²) in [5.74, 6) is 0. The van der Waals surface area contributed by atoms with Crippen LogP contribution in [-0.4, -0.2) is 12.1 Å². The quantitative estimate of drug-likeness (QED) is 0.684. The number of fused-ring (bicyclic) bond motifs is 1. The zero-order valence-electron chi connectivity index (χ0n) is 13.8. The van der Waals surface area contributed by atoms with E-state index in [0.717, 1.165) is 29.3 Å². The number of urea groups is 1. The summed E-state index contributed by atoms with van der Waals surface area (Å²) in [6.45, 7) is 2.03. The smallest absolute Gasteiger partial charge is 0.319 e. The van der Waals surface area contributed by atoms with Crippen LogP contribution in [0.3, 0.4) is 0 Å². The number of carbonyl (C=O) groups excluding carboxylic acids is 1. The Morgan fingerprint density at radius 1 is 0.917 bits per heavy atom. The van der Waals surface area contributed by atoms with Gasteiger partial charge >= 0.3 is 6.03 Å². The van der Waals surface area contributed by atoms with E-state index in [-0.39, 0.29) is 12.1 Å². The van der Waals surface area contributed by atoms with E-state index < -0.39 is 0 Å². The van der Waals surface area contributed by atoms with Crippen LogP contribution in [0.2, 0.25) is 0 Å². The summed E-state index contributed by atoms with van der Waals surface area (Å²) in [6, 6.07) is 24.2. The van der Waals surface area contributed by atoms with E-state index in [4.69, 9.17) is 0 Å². The van der Waals surface area contributed by atoms with Crippen LogP contribution in [0.15, 0.2) is 72.8 Å². The van der Waals surface area contributed by atoms with Crippen LogP contribution < -0.4 is 10.6 Å². The minimum atomic E-state index is -0.160. The van der Waals surface area contributed by atoms with Crippen molar-refractivity contribution in [1.29, 1.82) is 0 Å². The lowest BCUT2D eigenvalue weighted by molar-refractivity contribution is 0.248. The first kappa shape index (κ1) is 16.1. The van der Waals surface area contributed by atoms with Gasteiger partial charge in [0.2, 0.25) is 0 Å². The van der Waals surface area contributed by atoms with Gasteiger partial charge in [-0.05, 0) is 36.8 Å². The fourth-order valence-corrected chi connectivity index (χ4v) is 2.82. The summed E-state index contributed by atoms with van der Waals surface area (Å²) < 4.78 is 0. The van der Waals surface area contributed by atoms with Crippen LogP contribution in [0.1, 0.15) is 18.9 Å². The first-order valence-corrected chi connectivity index (χ1v) is 8.31. The van der Waals surface area contributed by atoms with E-state index in [1.165, 1.54) is 5.56 Å². The normalized spacial score (nSPS) is 11.9. The van der Waals surface area contributed by atoms with Crippen molar-refractivity contribution in [1.82, 2.24) is 5.32 Å². The number of carbonyl (C=O) groups is 1. The molecule has 3 aromatic rings. The zero-order valence-corrected chi connectivity index (χ0v) is 13.8. The molecule has 0 bridgehead atoms. The highest BCUT2D eigenvalue weighted by Crippen LogP contribution is 2.22. The third-order valence-electron chi connectivity index (χ3n) is 4.12. The van der Waals surface area contributed by atoms with E-state index in [1.54, 1.807) is 0 Å². The lowest BCUT2D eigenvalue weighted by Crippen LogP contribution is -2.36. The SMILES string of the molecule is CC(CCc1ccccc1)NC(=O)Nc1cccc2ccccc12. The van der Waals surface area contributed by atoms with Crippen molar-refractivity contribution >= 4 is 22.5 Å². The summed E-state index contributed by atoms with van der Waals surface area (Å²) >= 11 is 0. The number of hydrogen-bond donors (Lipinski definition) is 2. The molecule has 0 saturated heterocycles. The van der Waals surface area contributed by atoms with Gasteiger partial charge in [-0.15, -0.1) is 0 Å². The summed E-state index contributed by atoms with van der Waals surface area (Å²) in [5.41, 5.74) is 2.13. The molecule has 0 aliphatic carbocycles. The molecule has 0 aromatic heterocycles. The fraction of sp³-hybridized carbons (Fsp3) is 0.190. The molecule has 122 valence electrons. The molecule has 2 N–H and O–H groups in total. The average molecular weight is 318 g/mol. The molecule has 0 aliphatic heterocycles. The van der Waals surface area contributed by atoms with Crippen molar-refractivity contribution in [2.24, 2.45) is 0 Å². The second kappa shape index (κ2) is 7.64. The Morgan fingerprint density at radius 2 is 1.62 bits per heavy atom. The monoisotopic (exact) mass is 318 g/mol. The summed E-state index contributed by atoms with van der Waals surface area (Å²) in [7, 11) is 0. The van der Waals surface area contributed by atoms with E-state index >= 15 is 0 Å². The Hall–Kier alpha value is -2.81. The van der Waals surface area contributed by atoms with Gasteiger partial charge in [0.15, 0.2) is 0 Å². The number of rotatable bonds is 5. The Kier molecular flexibility index (Phi) is 5.12. The topological polar surface area (TPSA) is 41.1 Å². The maximum absolute atomic E-state index is 12.3. The van der Waals surface area contributed by atoms with Gasteiger partial charge in [0.25, 0.3) is 0 Å². The van der Waals surface area contributed by atoms with E-state index in [1.807, 2.05) is 67.6 Å². The van der Waals surface area contributed by atoms with Gasteiger partial charge in [0.1, 0.15) is 0 Å². The number of aryl methyl sites for hydroxylation is 1. The Balaban J connectivity index is 1.56. The van der Waals surface area contributed by atoms with Gasteiger partial charge in [-0.3, -0.25) is 0 Å². The predicted molar refractivity (Wildman–Crippen MR) is 100 cm³/mol. The van der Waals surface area contributed by atoms with Gasteiger partial charge in [-0.25, -0.2) is 4.79 Å². The molecule has 3 aromatic carbocycles. The van der Waals surface area contributed by atoms with Gasteiger partial charge in [-0.1, -0.05) is 66.7 Å². The lowest BCUT2D eigenvalue weighted by Gasteiger charge is -2.15. The molecule has 0 heterocycles. The molecule has 1 unspecified atom stereocenters. The molecule has 0 aliphatic rings. The average Bonchev–Trinajstić information content (AvgIpc) is 2.61. The van der Waals surface area contributed by atoms with E-state index in [2.05, 4.69) is 22.8 Å². The van der Waals surface area contributed by atoms with Crippen molar-refractivity contribution in [3.05, 3.63) is 78.4 Å². The molecule has 3 rings (SSSR count). The molecular formula is C21H22N2O. The molecule has 0 spiro atoms. The molecule has 0 saturated carbocycles. The van der Waals surface area contributed by atoms with Crippen LogP contribution in [0.5, 0.6) is 0 Å². The van der Waals surface area contributed by atoms with Crippen molar-refractivity contribution in [3.63, 3.8) is 0 Å². The Labute approximate surface area is 142 Å². The van der Waals surface area contributed by atoms with Gasteiger partial charge in [-0.2, -0.15) is 0 Å². The molecule has 3 heteroatoms. The van der Waals surface area contributed by atoms with Gasteiger partial charge in [0, 0.05) is 11.4 Å². The summed E-state index contributed by atoms with van der Waals surface area (Å²) in [6.07, 6.45) is 1.86. The third kappa shape index (κ3) is 4.13. The van der Waals surface area contributed by atoms with Crippen LogP contribution in [-0.2, 0) is 6.42 Å². The Morgan fingerprint density at radius 3 is 2.46 bits per heavy atom. The number of amides is 2. The molecule has 2 amide bonds. The second-order valence-electron chi connectivity index (χ2n) is 6.05. The number of hydrogen-bond acceptors (Lipinski definition) is 1. The minimum Gasteiger partial charge on any atom is -0.335 e. The molecule has 0 radical (unpaired) electrons. The highest BCUT2D eigenvalue weighted by molar-refractivity contribution is 6.01. The molecule has 3 nitrogen and oxygen atoms in total. The van der Waals surface area contributed by atoms with Crippen molar-refractivity contribution in [2.75, 3.05) is 5.32 Å². The van der Waals surface area contributed by atoms with Gasteiger partial charge in [0.05, 0.1) is 5.69 Å². The molecule has 0 fully saturated rings.